The number of carbonyl (C=O) groups excluding carboxylic acids is 1. The van der Waals surface area contributed by atoms with Crippen LogP contribution in [0.15, 0.2) is 60.8 Å². The molecule has 3 aromatic rings. The summed E-state index contributed by atoms with van der Waals surface area (Å²) in [5.41, 5.74) is 2.81. The van der Waals surface area contributed by atoms with Crippen LogP contribution in [0, 0.1) is 0 Å². The maximum atomic E-state index is 13.4. The van der Waals surface area contributed by atoms with Gasteiger partial charge in [-0.1, -0.05) is 62.2 Å². The highest BCUT2D eigenvalue weighted by atomic mass is 16.5. The molecule has 7 nitrogen and oxygen atoms in total. The average Bonchev–Trinajstić information content (AvgIpc) is 3.04. The first-order valence-electron chi connectivity index (χ1n) is 13.4. The monoisotopic (exact) mass is 501 g/mol. The molecule has 2 aromatic carbocycles. The predicted molar refractivity (Wildman–Crippen MR) is 148 cm³/mol. The van der Waals surface area contributed by atoms with Gasteiger partial charge in [0.2, 0.25) is 0 Å². The standard InChI is InChI=1S/C30H39N5O2/c1-4-5-7-12-28-32-21-26-29(33-28)34(3)19-20-35(30(26)36)22-23-13-15-25(16-14-23)37-27(17-18-31-2)24-10-8-6-9-11-24/h6,8-11,13-16,21,27,31H,4-5,7,12,17-20,22H2,1-3H3/t27-/m0/s1. The van der Waals surface area contributed by atoms with Crippen molar-refractivity contribution in [2.24, 2.45) is 0 Å². The molecule has 0 fully saturated rings. The molecule has 0 aliphatic carbocycles. The molecule has 0 bridgehead atoms. The number of carbonyl (C=O) groups is 1. The molecular weight excluding hydrogens is 462 g/mol. The van der Waals surface area contributed by atoms with Gasteiger partial charge in [0.15, 0.2) is 0 Å². The Morgan fingerprint density at radius 2 is 1.84 bits per heavy atom. The van der Waals surface area contributed by atoms with E-state index in [1.165, 1.54) is 0 Å². The Hall–Kier alpha value is -3.45. The quantitative estimate of drug-likeness (QED) is 0.351. The fourth-order valence-electron chi connectivity index (χ4n) is 4.60. The highest BCUT2D eigenvalue weighted by Gasteiger charge is 2.27. The number of anilines is 1. The molecule has 1 aliphatic heterocycles. The molecule has 0 spiro atoms. The summed E-state index contributed by atoms with van der Waals surface area (Å²) < 4.78 is 6.35. The summed E-state index contributed by atoms with van der Waals surface area (Å²) in [6.45, 7) is 4.96. The lowest BCUT2D eigenvalue weighted by Gasteiger charge is -2.22. The average molecular weight is 502 g/mol. The minimum Gasteiger partial charge on any atom is -0.486 e. The molecule has 0 radical (unpaired) electrons. The Morgan fingerprint density at radius 1 is 1.05 bits per heavy atom. The minimum atomic E-state index is -0.0226. The minimum absolute atomic E-state index is 0.0176. The van der Waals surface area contributed by atoms with Crippen LogP contribution in [-0.2, 0) is 13.0 Å². The number of aromatic nitrogens is 2. The van der Waals surface area contributed by atoms with Gasteiger partial charge in [-0.2, -0.15) is 0 Å². The lowest BCUT2D eigenvalue weighted by molar-refractivity contribution is 0.0754. The van der Waals surface area contributed by atoms with Crippen molar-refractivity contribution in [2.45, 2.75) is 51.7 Å². The zero-order valence-electron chi connectivity index (χ0n) is 22.3. The molecule has 1 aromatic heterocycles. The van der Waals surface area contributed by atoms with Gasteiger partial charge in [0.05, 0.1) is 0 Å². The summed E-state index contributed by atoms with van der Waals surface area (Å²) in [5.74, 6) is 2.37. The first-order valence-corrected chi connectivity index (χ1v) is 13.4. The lowest BCUT2D eigenvalue weighted by atomic mass is 10.1. The molecule has 0 saturated heterocycles. The van der Waals surface area contributed by atoms with Gasteiger partial charge in [0.25, 0.3) is 5.91 Å². The summed E-state index contributed by atoms with van der Waals surface area (Å²) in [4.78, 5) is 26.6. The van der Waals surface area contributed by atoms with Crippen LogP contribution in [0.5, 0.6) is 5.75 Å². The zero-order chi connectivity index (χ0) is 26.0. The number of benzene rings is 2. The second-order valence-corrected chi connectivity index (χ2v) is 9.68. The molecule has 37 heavy (non-hydrogen) atoms. The molecule has 7 heteroatoms. The Balaban J connectivity index is 1.43. The van der Waals surface area contributed by atoms with Crippen molar-refractivity contribution in [1.82, 2.24) is 20.2 Å². The highest BCUT2D eigenvalue weighted by molar-refractivity contribution is 5.99. The van der Waals surface area contributed by atoms with Crippen LogP contribution < -0.4 is 15.0 Å². The number of hydrogen-bond acceptors (Lipinski definition) is 6. The Labute approximate surface area is 220 Å². The molecular formula is C30H39N5O2. The van der Waals surface area contributed by atoms with Crippen molar-refractivity contribution in [3.8, 4) is 5.75 Å². The predicted octanol–water partition coefficient (Wildman–Crippen LogP) is 5.03. The topological polar surface area (TPSA) is 70.6 Å². The number of rotatable bonds is 12. The Bertz CT molecular complexity index is 1140. The maximum absolute atomic E-state index is 13.4. The van der Waals surface area contributed by atoms with Crippen molar-refractivity contribution >= 4 is 11.7 Å². The lowest BCUT2D eigenvalue weighted by Crippen LogP contribution is -2.33. The molecule has 1 atom stereocenters. The van der Waals surface area contributed by atoms with Gasteiger partial charge >= 0.3 is 0 Å². The summed E-state index contributed by atoms with van der Waals surface area (Å²) in [6.07, 6.45) is 6.81. The second-order valence-electron chi connectivity index (χ2n) is 9.68. The number of likely N-dealkylation sites (N-methyl/N-ethyl adjacent to an activating group) is 1. The second kappa shape index (κ2) is 13.2. The normalized spacial score (nSPS) is 14.3. The summed E-state index contributed by atoms with van der Waals surface area (Å²) >= 11 is 0. The number of ether oxygens (including phenoxy) is 1. The number of unbranched alkanes of at least 4 members (excludes halogenated alkanes) is 2. The van der Waals surface area contributed by atoms with Crippen molar-refractivity contribution in [2.75, 3.05) is 38.6 Å². The van der Waals surface area contributed by atoms with E-state index in [-0.39, 0.29) is 12.0 Å². The third kappa shape index (κ3) is 7.07. The zero-order valence-corrected chi connectivity index (χ0v) is 22.3. The maximum Gasteiger partial charge on any atom is 0.259 e. The number of aryl methyl sites for hydroxylation is 1. The van der Waals surface area contributed by atoms with E-state index in [0.717, 1.165) is 73.7 Å². The number of amides is 1. The molecule has 1 amide bonds. The molecule has 2 heterocycles. The van der Waals surface area contributed by atoms with E-state index in [1.807, 2.05) is 61.5 Å². The van der Waals surface area contributed by atoms with Gasteiger partial charge in [0.1, 0.15) is 29.1 Å². The number of fused-ring (bicyclic) bond motifs is 1. The van der Waals surface area contributed by atoms with Crippen LogP contribution in [0.1, 0.15) is 66.0 Å². The largest absolute Gasteiger partial charge is 0.486 e. The van der Waals surface area contributed by atoms with Crippen molar-refractivity contribution in [1.29, 1.82) is 0 Å². The van der Waals surface area contributed by atoms with Crippen LogP contribution in [0.4, 0.5) is 5.82 Å². The van der Waals surface area contributed by atoms with Gasteiger partial charge in [0, 0.05) is 45.7 Å². The highest BCUT2D eigenvalue weighted by Crippen LogP contribution is 2.26. The summed E-state index contributed by atoms with van der Waals surface area (Å²) in [6, 6.07) is 18.4. The molecule has 0 unspecified atom stereocenters. The van der Waals surface area contributed by atoms with Crippen molar-refractivity contribution < 1.29 is 9.53 Å². The van der Waals surface area contributed by atoms with E-state index in [2.05, 4.69) is 34.3 Å². The molecule has 1 aliphatic rings. The van der Waals surface area contributed by atoms with Gasteiger partial charge in [-0.05, 0) is 43.3 Å². The smallest absolute Gasteiger partial charge is 0.259 e. The van der Waals surface area contributed by atoms with Crippen LogP contribution in [0.25, 0.3) is 0 Å². The third-order valence-electron chi connectivity index (χ3n) is 6.81. The summed E-state index contributed by atoms with van der Waals surface area (Å²) in [5, 5.41) is 3.21. The van der Waals surface area contributed by atoms with Crippen LogP contribution in [-0.4, -0.2) is 54.5 Å². The Kier molecular flexibility index (Phi) is 9.49. The number of hydrogen-bond donors (Lipinski definition) is 1. The van der Waals surface area contributed by atoms with Gasteiger partial charge in [-0.15, -0.1) is 0 Å². The van der Waals surface area contributed by atoms with E-state index < -0.39 is 0 Å². The molecule has 4 rings (SSSR count). The van der Waals surface area contributed by atoms with Crippen LogP contribution in [0.2, 0.25) is 0 Å². The fourth-order valence-corrected chi connectivity index (χ4v) is 4.60. The van der Waals surface area contributed by atoms with Gasteiger partial charge < -0.3 is 19.9 Å². The molecule has 1 N–H and O–H groups in total. The first kappa shape index (κ1) is 26.6. The van der Waals surface area contributed by atoms with E-state index in [0.29, 0.717) is 18.7 Å². The number of nitrogens with zero attached hydrogens (tertiary/aromatic N) is 4. The third-order valence-corrected chi connectivity index (χ3v) is 6.81. The van der Waals surface area contributed by atoms with Crippen molar-refractivity contribution in [3.05, 3.63) is 83.3 Å². The van der Waals surface area contributed by atoms with Crippen molar-refractivity contribution in [3.63, 3.8) is 0 Å². The van der Waals surface area contributed by atoms with E-state index in [1.54, 1.807) is 6.20 Å². The van der Waals surface area contributed by atoms with Gasteiger partial charge in [-0.3, -0.25) is 4.79 Å². The SMILES string of the molecule is CCCCCc1ncc2c(n1)N(C)CCN(Cc1ccc(O[C@@H](CCNC)c3ccccc3)cc1)C2=O. The van der Waals surface area contributed by atoms with E-state index in [4.69, 9.17) is 9.72 Å². The van der Waals surface area contributed by atoms with Gasteiger partial charge in [-0.25, -0.2) is 9.97 Å². The molecule has 196 valence electrons. The molecule has 0 saturated carbocycles. The van der Waals surface area contributed by atoms with Crippen LogP contribution in [0.3, 0.4) is 0 Å². The summed E-state index contributed by atoms with van der Waals surface area (Å²) in [7, 11) is 3.96. The van der Waals surface area contributed by atoms with E-state index in [9.17, 15) is 4.79 Å². The van der Waals surface area contributed by atoms with Crippen LogP contribution >= 0.6 is 0 Å². The Morgan fingerprint density at radius 3 is 2.57 bits per heavy atom. The fraction of sp³-hybridized carbons (Fsp3) is 0.433. The first-order chi connectivity index (χ1) is 18.1. The van der Waals surface area contributed by atoms with E-state index >= 15 is 0 Å². The number of nitrogens with one attached hydrogen (secondary N) is 1.